The molecular formula is C16H28N2O11. The fourth-order valence-corrected chi connectivity index (χ4v) is 2.88. The van der Waals surface area contributed by atoms with E-state index in [9.17, 15) is 45.0 Å². The number of rotatable bonds is 10. The van der Waals surface area contributed by atoms with Crippen molar-refractivity contribution in [2.75, 3.05) is 13.2 Å². The van der Waals surface area contributed by atoms with Crippen molar-refractivity contribution in [3.63, 3.8) is 0 Å². The molecule has 0 bridgehead atoms. The van der Waals surface area contributed by atoms with Crippen LogP contribution in [0.3, 0.4) is 0 Å². The largest absolute Gasteiger partial charge is 0.394 e. The van der Waals surface area contributed by atoms with E-state index in [-0.39, 0.29) is 6.29 Å². The highest BCUT2D eigenvalue weighted by Gasteiger charge is 2.48. The molecule has 9 atom stereocenters. The molecule has 0 saturated carbocycles. The SMILES string of the molecule is CC(=O)NC(C=O)C(O)C(OC1OC(CO)C(O)C(O)C1NC(C)=O)C(O)CO. The molecule has 0 aromatic rings. The Bertz CT molecular complexity index is 563. The summed E-state index contributed by atoms with van der Waals surface area (Å²) in [5.41, 5.74) is 0. The second kappa shape index (κ2) is 11.5. The number of carbonyl (C=O) groups is 3. The van der Waals surface area contributed by atoms with E-state index >= 15 is 0 Å². The van der Waals surface area contributed by atoms with Crippen molar-refractivity contribution < 1.29 is 54.5 Å². The van der Waals surface area contributed by atoms with Crippen molar-refractivity contribution in [1.29, 1.82) is 0 Å². The van der Waals surface area contributed by atoms with E-state index in [4.69, 9.17) is 9.47 Å². The van der Waals surface area contributed by atoms with E-state index in [0.717, 1.165) is 13.8 Å². The maximum atomic E-state index is 11.4. The van der Waals surface area contributed by atoms with Gasteiger partial charge in [0.05, 0.1) is 13.2 Å². The average molecular weight is 424 g/mol. The summed E-state index contributed by atoms with van der Waals surface area (Å²) in [6.45, 7) is 0.549. The summed E-state index contributed by atoms with van der Waals surface area (Å²) in [7, 11) is 0. The molecule has 8 N–H and O–H groups in total. The van der Waals surface area contributed by atoms with Gasteiger partial charge in [0, 0.05) is 13.8 Å². The van der Waals surface area contributed by atoms with Crippen LogP contribution in [-0.4, -0.2) is 117 Å². The van der Waals surface area contributed by atoms with Crippen LogP contribution in [0, 0.1) is 0 Å². The lowest BCUT2D eigenvalue weighted by atomic mass is 9.96. The number of aldehydes is 1. The topological polar surface area (TPSA) is 215 Å². The first-order valence-electron chi connectivity index (χ1n) is 8.81. The summed E-state index contributed by atoms with van der Waals surface area (Å²) in [4.78, 5) is 33.9. The third kappa shape index (κ3) is 6.65. The van der Waals surface area contributed by atoms with Gasteiger partial charge in [0.1, 0.15) is 55.0 Å². The monoisotopic (exact) mass is 424 g/mol. The molecular weight excluding hydrogens is 396 g/mol. The molecule has 1 aliphatic heterocycles. The molecule has 0 spiro atoms. The van der Waals surface area contributed by atoms with Crippen LogP contribution >= 0.6 is 0 Å². The highest BCUT2D eigenvalue weighted by molar-refractivity contribution is 5.77. The van der Waals surface area contributed by atoms with Gasteiger partial charge in [-0.25, -0.2) is 0 Å². The first-order chi connectivity index (χ1) is 13.6. The Morgan fingerprint density at radius 3 is 2.21 bits per heavy atom. The summed E-state index contributed by atoms with van der Waals surface area (Å²) in [5, 5.41) is 63.7. The zero-order valence-electron chi connectivity index (χ0n) is 15.9. The van der Waals surface area contributed by atoms with E-state index in [2.05, 4.69) is 10.6 Å². The molecule has 9 unspecified atom stereocenters. The molecule has 1 heterocycles. The van der Waals surface area contributed by atoms with Gasteiger partial charge >= 0.3 is 0 Å². The zero-order valence-corrected chi connectivity index (χ0v) is 15.9. The van der Waals surface area contributed by atoms with Crippen LogP contribution < -0.4 is 10.6 Å². The molecule has 1 aliphatic rings. The predicted octanol–water partition coefficient (Wildman–Crippen LogP) is -5.27. The van der Waals surface area contributed by atoms with Gasteiger partial charge in [-0.1, -0.05) is 0 Å². The molecule has 0 aromatic heterocycles. The van der Waals surface area contributed by atoms with Crippen molar-refractivity contribution in [2.45, 2.75) is 68.8 Å². The second-order valence-electron chi connectivity index (χ2n) is 6.64. The van der Waals surface area contributed by atoms with Crippen molar-refractivity contribution in [1.82, 2.24) is 10.6 Å². The van der Waals surface area contributed by atoms with E-state index in [0.29, 0.717) is 0 Å². The van der Waals surface area contributed by atoms with Crippen molar-refractivity contribution >= 4 is 18.1 Å². The minimum Gasteiger partial charge on any atom is -0.394 e. The number of aliphatic hydroxyl groups excluding tert-OH is 6. The van der Waals surface area contributed by atoms with Gasteiger partial charge in [-0.2, -0.15) is 0 Å². The maximum absolute atomic E-state index is 11.4. The predicted molar refractivity (Wildman–Crippen MR) is 93.0 cm³/mol. The van der Waals surface area contributed by atoms with Crippen LogP contribution in [0.4, 0.5) is 0 Å². The Hall–Kier alpha value is -1.71. The van der Waals surface area contributed by atoms with Gasteiger partial charge in [-0.3, -0.25) is 9.59 Å². The van der Waals surface area contributed by atoms with Crippen LogP contribution in [0.25, 0.3) is 0 Å². The molecule has 2 amide bonds. The minimum absolute atomic E-state index is 0.189. The van der Waals surface area contributed by atoms with E-state index in [1.54, 1.807) is 0 Å². The number of hydrogen-bond acceptors (Lipinski definition) is 11. The number of aliphatic hydroxyl groups is 6. The van der Waals surface area contributed by atoms with Gasteiger partial charge in [0.25, 0.3) is 0 Å². The third-order valence-corrected chi connectivity index (χ3v) is 4.33. The lowest BCUT2D eigenvalue weighted by molar-refractivity contribution is -0.299. The van der Waals surface area contributed by atoms with Crippen molar-refractivity contribution in [2.24, 2.45) is 0 Å². The maximum Gasteiger partial charge on any atom is 0.217 e. The normalized spacial score (nSPS) is 31.2. The fraction of sp³-hybridized carbons (Fsp3) is 0.812. The summed E-state index contributed by atoms with van der Waals surface area (Å²) in [6.07, 6.45) is -11.4. The Morgan fingerprint density at radius 1 is 1.14 bits per heavy atom. The quantitative estimate of drug-likeness (QED) is 0.155. The molecule has 0 radical (unpaired) electrons. The summed E-state index contributed by atoms with van der Waals surface area (Å²) in [5.74, 6) is -1.30. The van der Waals surface area contributed by atoms with Gasteiger partial charge in [0.2, 0.25) is 11.8 Å². The van der Waals surface area contributed by atoms with Crippen LogP contribution in [0.15, 0.2) is 0 Å². The van der Waals surface area contributed by atoms with Crippen LogP contribution in [0.1, 0.15) is 13.8 Å². The number of hydrogen-bond donors (Lipinski definition) is 8. The molecule has 29 heavy (non-hydrogen) atoms. The van der Waals surface area contributed by atoms with Crippen LogP contribution in [0.5, 0.6) is 0 Å². The van der Waals surface area contributed by atoms with Gasteiger partial charge in [0.15, 0.2) is 6.29 Å². The molecule has 1 fully saturated rings. The molecule has 13 heteroatoms. The second-order valence-corrected chi connectivity index (χ2v) is 6.64. The number of nitrogens with one attached hydrogen (secondary N) is 2. The van der Waals surface area contributed by atoms with Crippen molar-refractivity contribution in [3.8, 4) is 0 Å². The molecule has 168 valence electrons. The minimum atomic E-state index is -1.86. The highest BCUT2D eigenvalue weighted by Crippen LogP contribution is 2.25. The third-order valence-electron chi connectivity index (χ3n) is 4.33. The Labute approximate surface area is 166 Å². The number of amides is 2. The van der Waals surface area contributed by atoms with Crippen molar-refractivity contribution in [3.05, 3.63) is 0 Å². The van der Waals surface area contributed by atoms with Gasteiger partial charge in [-0.15, -0.1) is 0 Å². The van der Waals surface area contributed by atoms with Crippen LogP contribution in [-0.2, 0) is 23.9 Å². The summed E-state index contributed by atoms with van der Waals surface area (Å²) in [6, 6.07) is -2.91. The first kappa shape index (κ1) is 25.3. The summed E-state index contributed by atoms with van der Waals surface area (Å²) < 4.78 is 10.8. The molecule has 13 nitrogen and oxygen atoms in total. The summed E-state index contributed by atoms with van der Waals surface area (Å²) >= 11 is 0. The lowest BCUT2D eigenvalue weighted by Crippen LogP contribution is -2.66. The number of carbonyl (C=O) groups excluding carboxylic acids is 3. The van der Waals surface area contributed by atoms with E-state index in [1.165, 1.54) is 0 Å². The van der Waals surface area contributed by atoms with Gasteiger partial charge < -0.3 is 55.5 Å². The first-order valence-corrected chi connectivity index (χ1v) is 8.81. The zero-order chi connectivity index (χ0) is 22.3. The lowest BCUT2D eigenvalue weighted by Gasteiger charge is -2.44. The molecule has 0 aromatic carbocycles. The molecule has 0 aliphatic carbocycles. The molecule has 1 saturated heterocycles. The Morgan fingerprint density at radius 2 is 1.76 bits per heavy atom. The van der Waals surface area contributed by atoms with Gasteiger partial charge in [-0.05, 0) is 0 Å². The standard InChI is InChI=1S/C16H28N2O11/c1-6(22)17-8(3-19)12(25)15(9(24)4-20)29-16-11(18-7(2)23)14(27)13(26)10(5-21)28-16/h3,8-16,20-21,24-27H,4-5H2,1-2H3,(H,17,22)(H,18,23). The highest BCUT2D eigenvalue weighted by atomic mass is 16.7. The average Bonchev–Trinajstić information content (AvgIpc) is 2.67. The van der Waals surface area contributed by atoms with E-state index < -0.39 is 80.0 Å². The Balaban J connectivity index is 3.16. The smallest absolute Gasteiger partial charge is 0.217 e. The number of ether oxygens (including phenoxy) is 2. The van der Waals surface area contributed by atoms with Crippen LogP contribution in [0.2, 0.25) is 0 Å². The Kier molecular flexibility index (Phi) is 10.0. The molecule has 1 rings (SSSR count). The fourth-order valence-electron chi connectivity index (χ4n) is 2.88. The van der Waals surface area contributed by atoms with E-state index in [1.807, 2.05) is 0 Å².